The summed E-state index contributed by atoms with van der Waals surface area (Å²) >= 11 is 5.12. The third kappa shape index (κ3) is 5.96. The van der Waals surface area contributed by atoms with Crippen LogP contribution in [0.1, 0.15) is 36.4 Å². The van der Waals surface area contributed by atoms with Gasteiger partial charge in [0.25, 0.3) is 0 Å². The second-order valence-corrected chi connectivity index (χ2v) is 12.3. The van der Waals surface area contributed by atoms with E-state index in [1.54, 1.807) is 36.0 Å². The van der Waals surface area contributed by atoms with Crippen LogP contribution < -0.4 is 4.72 Å². The molecule has 1 fully saturated rings. The lowest BCUT2D eigenvalue weighted by molar-refractivity contribution is -0.125. The van der Waals surface area contributed by atoms with Crippen LogP contribution in [0.25, 0.3) is 0 Å². The van der Waals surface area contributed by atoms with Crippen molar-refractivity contribution in [2.24, 2.45) is 5.92 Å². The average Bonchev–Trinajstić information content (AvgIpc) is 2.80. The largest absolute Gasteiger partial charge is 0.299 e. The first kappa shape index (κ1) is 24.2. The minimum absolute atomic E-state index is 0.0250. The zero-order valence-corrected chi connectivity index (χ0v) is 21.5. The number of Topliss-reactive ketones (excluding diaryl/α,β-unsaturated/α-hetero) is 1. The Bertz CT molecular complexity index is 1200. The zero-order chi connectivity index (χ0) is 23.4. The zero-order valence-electron chi connectivity index (χ0n) is 18.3. The van der Waals surface area contributed by atoms with E-state index in [2.05, 4.69) is 20.7 Å². The highest BCUT2D eigenvalue weighted by atomic mass is 79.9. The number of thioether (sulfide) groups is 1. The lowest BCUT2D eigenvalue weighted by Crippen LogP contribution is -2.43. The van der Waals surface area contributed by atoms with E-state index in [1.807, 2.05) is 61.5 Å². The van der Waals surface area contributed by atoms with Gasteiger partial charge in [0.05, 0.1) is 16.9 Å². The molecule has 4 rings (SSSR count). The van der Waals surface area contributed by atoms with Crippen molar-refractivity contribution in [3.05, 3.63) is 94.5 Å². The minimum Gasteiger partial charge on any atom is -0.299 e. The number of ketones is 1. The molecule has 4 nitrogen and oxygen atoms in total. The molecule has 0 aliphatic heterocycles. The minimum atomic E-state index is -3.83. The maximum Gasteiger partial charge on any atom is 0.241 e. The summed E-state index contributed by atoms with van der Waals surface area (Å²) in [7, 11) is -3.83. The quantitative estimate of drug-likeness (QED) is 0.379. The van der Waals surface area contributed by atoms with E-state index in [-0.39, 0.29) is 15.9 Å². The molecule has 1 saturated carbocycles. The second-order valence-electron chi connectivity index (χ2n) is 8.32. The summed E-state index contributed by atoms with van der Waals surface area (Å²) in [6, 6.07) is 23.7. The van der Waals surface area contributed by atoms with E-state index in [4.69, 9.17) is 0 Å². The first-order chi connectivity index (χ1) is 15.8. The number of hydrogen-bond donors (Lipinski definition) is 1. The normalized spacial score (nSPS) is 19.9. The Morgan fingerprint density at radius 2 is 1.64 bits per heavy atom. The SMILES string of the molecule is Cc1ccc(S(=O)(=O)N[C@@H](c2ccc(Br)cc2)[C@H]2C(=O)CCC[C@@H]2Sc2ccccc2)cc1. The van der Waals surface area contributed by atoms with Crippen molar-refractivity contribution in [1.29, 1.82) is 0 Å². The van der Waals surface area contributed by atoms with Crippen molar-refractivity contribution in [3.8, 4) is 0 Å². The van der Waals surface area contributed by atoms with Gasteiger partial charge in [-0.1, -0.05) is 64.0 Å². The summed E-state index contributed by atoms with van der Waals surface area (Å²) in [5, 5.41) is -0.0250. The van der Waals surface area contributed by atoms with E-state index in [0.29, 0.717) is 6.42 Å². The molecule has 0 unspecified atom stereocenters. The number of aryl methyl sites for hydroxylation is 1. The van der Waals surface area contributed by atoms with Gasteiger partial charge < -0.3 is 0 Å². The predicted molar refractivity (Wildman–Crippen MR) is 137 cm³/mol. The number of benzene rings is 3. The summed E-state index contributed by atoms with van der Waals surface area (Å²) < 4.78 is 30.5. The van der Waals surface area contributed by atoms with Gasteiger partial charge in [0, 0.05) is 21.0 Å². The summed E-state index contributed by atoms with van der Waals surface area (Å²) in [6.45, 7) is 1.92. The van der Waals surface area contributed by atoms with Crippen LogP contribution in [0.2, 0.25) is 0 Å². The van der Waals surface area contributed by atoms with Crippen molar-refractivity contribution in [2.75, 3.05) is 0 Å². The van der Waals surface area contributed by atoms with Gasteiger partial charge in [0.15, 0.2) is 0 Å². The number of hydrogen-bond acceptors (Lipinski definition) is 4. The van der Waals surface area contributed by atoms with Crippen molar-refractivity contribution in [2.45, 2.75) is 47.3 Å². The molecule has 0 saturated heterocycles. The number of sulfonamides is 1. The number of carbonyl (C=O) groups excluding carboxylic acids is 1. The van der Waals surface area contributed by atoms with Crippen molar-refractivity contribution < 1.29 is 13.2 Å². The van der Waals surface area contributed by atoms with Gasteiger partial charge in [-0.15, -0.1) is 11.8 Å². The highest BCUT2D eigenvalue weighted by Gasteiger charge is 2.41. The smallest absolute Gasteiger partial charge is 0.241 e. The molecular weight excluding hydrogens is 518 g/mol. The van der Waals surface area contributed by atoms with Gasteiger partial charge in [-0.3, -0.25) is 4.79 Å². The molecule has 3 aromatic rings. The first-order valence-corrected chi connectivity index (χ1v) is 14.1. The fraction of sp³-hybridized carbons (Fsp3) is 0.269. The van der Waals surface area contributed by atoms with Crippen LogP contribution in [0.4, 0.5) is 0 Å². The third-order valence-corrected chi connectivity index (χ3v) is 9.28. The standard InChI is InChI=1S/C26H26BrNO3S2/c1-18-10-16-22(17-11-18)33(30,31)28-26(19-12-14-20(27)15-13-19)25-23(29)8-5-9-24(25)32-21-6-3-2-4-7-21/h2-4,6-7,10-17,24-26,28H,5,8-9H2,1H3/t24-,25-,26-/m0/s1. The summed E-state index contributed by atoms with van der Waals surface area (Å²) in [5.41, 5.74) is 1.77. The lowest BCUT2D eigenvalue weighted by Gasteiger charge is -2.36. The van der Waals surface area contributed by atoms with Crippen LogP contribution in [0.5, 0.6) is 0 Å². The number of rotatable bonds is 7. The van der Waals surface area contributed by atoms with Crippen LogP contribution in [0.3, 0.4) is 0 Å². The van der Waals surface area contributed by atoms with Crippen LogP contribution in [-0.4, -0.2) is 19.5 Å². The Morgan fingerprint density at radius 3 is 2.30 bits per heavy atom. The molecule has 0 aromatic heterocycles. The lowest BCUT2D eigenvalue weighted by atomic mass is 9.80. The summed E-state index contributed by atoms with van der Waals surface area (Å²) in [4.78, 5) is 14.6. The molecule has 0 heterocycles. The van der Waals surface area contributed by atoms with Crippen LogP contribution in [-0.2, 0) is 14.8 Å². The van der Waals surface area contributed by atoms with E-state index >= 15 is 0 Å². The maximum atomic E-state index is 13.4. The summed E-state index contributed by atoms with van der Waals surface area (Å²) in [6.07, 6.45) is 2.14. The first-order valence-electron chi connectivity index (χ1n) is 10.9. The molecule has 172 valence electrons. The Morgan fingerprint density at radius 1 is 0.970 bits per heavy atom. The average molecular weight is 545 g/mol. The molecule has 3 aromatic carbocycles. The molecule has 1 aliphatic carbocycles. The Labute approximate surface area is 208 Å². The molecule has 0 bridgehead atoms. The van der Waals surface area contributed by atoms with Crippen molar-refractivity contribution in [3.63, 3.8) is 0 Å². The molecule has 1 N–H and O–H groups in total. The molecular formula is C26H26BrNO3S2. The van der Waals surface area contributed by atoms with Gasteiger partial charge in [0.1, 0.15) is 5.78 Å². The van der Waals surface area contributed by atoms with E-state index < -0.39 is 22.0 Å². The van der Waals surface area contributed by atoms with Crippen molar-refractivity contribution in [1.82, 2.24) is 4.72 Å². The van der Waals surface area contributed by atoms with Crippen LogP contribution in [0, 0.1) is 12.8 Å². The topological polar surface area (TPSA) is 63.2 Å². The van der Waals surface area contributed by atoms with Gasteiger partial charge in [-0.2, -0.15) is 0 Å². The van der Waals surface area contributed by atoms with E-state index in [9.17, 15) is 13.2 Å². The Kier molecular flexibility index (Phi) is 7.74. The van der Waals surface area contributed by atoms with E-state index in [0.717, 1.165) is 33.3 Å². The van der Waals surface area contributed by atoms with Gasteiger partial charge in [-0.05, 0) is 61.7 Å². The maximum absolute atomic E-state index is 13.4. The van der Waals surface area contributed by atoms with Crippen LogP contribution in [0.15, 0.2) is 93.1 Å². The van der Waals surface area contributed by atoms with Crippen molar-refractivity contribution >= 4 is 43.5 Å². The monoisotopic (exact) mass is 543 g/mol. The van der Waals surface area contributed by atoms with Gasteiger partial charge in [0.2, 0.25) is 10.0 Å². The molecule has 0 spiro atoms. The highest BCUT2D eigenvalue weighted by molar-refractivity contribution is 9.10. The highest BCUT2D eigenvalue weighted by Crippen LogP contribution is 2.42. The fourth-order valence-electron chi connectivity index (χ4n) is 4.21. The fourth-order valence-corrected chi connectivity index (χ4v) is 7.12. The molecule has 0 amide bonds. The van der Waals surface area contributed by atoms with E-state index in [1.165, 1.54) is 0 Å². The molecule has 33 heavy (non-hydrogen) atoms. The summed E-state index contributed by atoms with van der Waals surface area (Å²) in [5.74, 6) is -0.362. The molecule has 7 heteroatoms. The van der Waals surface area contributed by atoms with Gasteiger partial charge in [-0.25, -0.2) is 13.1 Å². The second kappa shape index (κ2) is 10.6. The predicted octanol–water partition coefficient (Wildman–Crippen LogP) is 6.31. The molecule has 3 atom stereocenters. The molecule has 1 aliphatic rings. The number of nitrogens with one attached hydrogen (secondary N) is 1. The molecule has 0 radical (unpaired) electrons. The number of carbonyl (C=O) groups is 1. The third-order valence-electron chi connectivity index (χ3n) is 5.92. The Hall–Kier alpha value is -1.93. The Balaban J connectivity index is 1.73. The number of halogens is 1. The van der Waals surface area contributed by atoms with Gasteiger partial charge >= 0.3 is 0 Å². The van der Waals surface area contributed by atoms with Crippen LogP contribution >= 0.6 is 27.7 Å².